The minimum absolute atomic E-state index is 0.0119. The summed E-state index contributed by atoms with van der Waals surface area (Å²) in [6.07, 6.45) is -0.630. The molecule has 0 saturated heterocycles. The molecule has 0 radical (unpaired) electrons. The molecule has 1 aromatic heterocycles. The number of methoxy groups -OCH3 is 1. The summed E-state index contributed by atoms with van der Waals surface area (Å²) in [5, 5.41) is 3.65. The third kappa shape index (κ3) is 6.07. The zero-order chi connectivity index (χ0) is 25.9. The molecule has 0 saturated carbocycles. The molecule has 0 atom stereocenters. The fraction of sp³-hybridized carbons (Fsp3) is 0.370. The number of fused-ring (bicyclic) bond motifs is 1. The second kappa shape index (κ2) is 10.3. The highest BCUT2D eigenvalue weighted by Gasteiger charge is 2.22. The van der Waals surface area contributed by atoms with Gasteiger partial charge in [0.1, 0.15) is 11.4 Å². The molecule has 0 fully saturated rings. The van der Waals surface area contributed by atoms with Crippen molar-refractivity contribution in [2.45, 2.75) is 53.3 Å². The minimum atomic E-state index is -0.694. The van der Waals surface area contributed by atoms with E-state index in [9.17, 15) is 18.8 Å². The zero-order valence-corrected chi connectivity index (χ0v) is 20.9. The largest absolute Gasteiger partial charge is 0.465 e. The van der Waals surface area contributed by atoms with Gasteiger partial charge in [-0.2, -0.15) is 0 Å². The van der Waals surface area contributed by atoms with Crippen LogP contribution in [0.15, 0.2) is 47.3 Å². The number of rotatable bonds is 6. The number of aromatic nitrogens is 1. The van der Waals surface area contributed by atoms with Crippen LogP contribution in [-0.2, 0) is 22.6 Å². The Kier molecular flexibility index (Phi) is 7.63. The van der Waals surface area contributed by atoms with Crippen LogP contribution in [0.1, 0.15) is 50.7 Å². The second-order valence-electron chi connectivity index (χ2n) is 9.75. The highest BCUT2D eigenvalue weighted by atomic mass is 19.1. The van der Waals surface area contributed by atoms with Gasteiger partial charge in [-0.1, -0.05) is 26.0 Å². The van der Waals surface area contributed by atoms with E-state index in [0.29, 0.717) is 34.1 Å². The molecule has 0 unspecified atom stereocenters. The molecule has 0 aliphatic carbocycles. The summed E-state index contributed by atoms with van der Waals surface area (Å²) in [6.45, 7) is 9.63. The SMILES string of the molecule is COC(=O)c1ccc2c(=O)n(CC(C)C)c(CNC(=O)OC(C)(C)C)c(-c3ccc(F)cc3)c2c1. The van der Waals surface area contributed by atoms with E-state index in [0.717, 1.165) is 0 Å². The summed E-state index contributed by atoms with van der Waals surface area (Å²) in [5.74, 6) is -0.824. The first-order valence-corrected chi connectivity index (χ1v) is 11.4. The molecule has 0 aliphatic rings. The predicted octanol–water partition coefficient (Wildman–Crippen LogP) is 5.27. The number of nitrogens with one attached hydrogen (secondary N) is 1. The van der Waals surface area contributed by atoms with Crippen LogP contribution in [0.25, 0.3) is 21.9 Å². The van der Waals surface area contributed by atoms with Crippen molar-refractivity contribution in [1.82, 2.24) is 9.88 Å². The van der Waals surface area contributed by atoms with E-state index in [2.05, 4.69) is 5.32 Å². The summed E-state index contributed by atoms with van der Waals surface area (Å²) in [7, 11) is 1.28. The van der Waals surface area contributed by atoms with Gasteiger partial charge in [-0.3, -0.25) is 4.79 Å². The maximum atomic E-state index is 13.8. The quantitative estimate of drug-likeness (QED) is 0.484. The van der Waals surface area contributed by atoms with Gasteiger partial charge in [0.25, 0.3) is 5.56 Å². The molecule has 186 valence electrons. The fourth-order valence-electron chi connectivity index (χ4n) is 3.89. The van der Waals surface area contributed by atoms with Gasteiger partial charge in [-0.05, 0) is 68.0 Å². The first-order chi connectivity index (χ1) is 16.4. The molecule has 3 aromatic rings. The number of ether oxygens (including phenoxy) is 2. The van der Waals surface area contributed by atoms with E-state index in [1.165, 1.54) is 19.2 Å². The predicted molar refractivity (Wildman–Crippen MR) is 133 cm³/mol. The van der Waals surface area contributed by atoms with Crippen LogP contribution in [0, 0.1) is 11.7 Å². The van der Waals surface area contributed by atoms with Gasteiger partial charge >= 0.3 is 12.1 Å². The van der Waals surface area contributed by atoms with Crippen LogP contribution in [0.4, 0.5) is 9.18 Å². The van der Waals surface area contributed by atoms with E-state index in [-0.39, 0.29) is 23.6 Å². The standard InChI is InChI=1S/C27H31FN2O5/c1-16(2)15-30-22(14-29-26(33)35-27(3,4)5)23(17-7-10-19(28)11-8-17)21-13-18(25(32)34-6)9-12-20(21)24(30)31/h7-13,16H,14-15H2,1-6H3,(H,29,33). The summed E-state index contributed by atoms with van der Waals surface area (Å²) in [4.78, 5) is 38.3. The lowest BCUT2D eigenvalue weighted by Crippen LogP contribution is -2.35. The van der Waals surface area contributed by atoms with Crippen molar-refractivity contribution in [3.8, 4) is 11.1 Å². The molecule has 0 aliphatic heterocycles. The molecule has 2 aromatic carbocycles. The number of hydrogen-bond acceptors (Lipinski definition) is 5. The molecule has 3 rings (SSSR count). The number of nitrogens with zero attached hydrogens (tertiary/aromatic N) is 1. The van der Waals surface area contributed by atoms with Crippen LogP contribution in [0.5, 0.6) is 0 Å². The lowest BCUT2D eigenvalue weighted by atomic mass is 9.94. The van der Waals surface area contributed by atoms with Crippen LogP contribution in [0.3, 0.4) is 0 Å². The smallest absolute Gasteiger partial charge is 0.407 e. The maximum Gasteiger partial charge on any atom is 0.407 e. The van der Waals surface area contributed by atoms with Crippen molar-refractivity contribution in [3.63, 3.8) is 0 Å². The summed E-state index contributed by atoms with van der Waals surface area (Å²) < 4.78 is 25.6. The Balaban J connectivity index is 2.33. The molecular formula is C27H31FN2O5. The van der Waals surface area contributed by atoms with Gasteiger partial charge in [-0.25, -0.2) is 14.0 Å². The minimum Gasteiger partial charge on any atom is -0.465 e. The Morgan fingerprint density at radius 2 is 1.71 bits per heavy atom. The van der Waals surface area contributed by atoms with Gasteiger partial charge in [0, 0.05) is 23.2 Å². The Hall–Kier alpha value is -3.68. The van der Waals surface area contributed by atoms with E-state index in [1.807, 2.05) is 13.8 Å². The third-order valence-corrected chi connectivity index (χ3v) is 5.28. The molecule has 0 spiro atoms. The van der Waals surface area contributed by atoms with Crippen LogP contribution < -0.4 is 10.9 Å². The van der Waals surface area contributed by atoms with Crippen LogP contribution in [-0.4, -0.2) is 29.3 Å². The highest BCUT2D eigenvalue weighted by molar-refractivity contribution is 6.02. The molecule has 35 heavy (non-hydrogen) atoms. The average molecular weight is 483 g/mol. The first-order valence-electron chi connectivity index (χ1n) is 11.4. The number of esters is 1. The summed E-state index contributed by atoms with van der Waals surface area (Å²) in [5.41, 5.74) is 1.10. The Morgan fingerprint density at radius 3 is 2.29 bits per heavy atom. The van der Waals surface area contributed by atoms with Crippen molar-refractivity contribution in [2.75, 3.05) is 7.11 Å². The lowest BCUT2D eigenvalue weighted by Gasteiger charge is -2.23. The lowest BCUT2D eigenvalue weighted by molar-refractivity contribution is 0.0521. The third-order valence-electron chi connectivity index (χ3n) is 5.28. The topological polar surface area (TPSA) is 86.6 Å². The van der Waals surface area contributed by atoms with Crippen molar-refractivity contribution in [2.24, 2.45) is 5.92 Å². The first kappa shape index (κ1) is 25.9. The normalized spacial score (nSPS) is 11.5. The number of amides is 1. The number of hydrogen-bond donors (Lipinski definition) is 1. The number of halogens is 1. The summed E-state index contributed by atoms with van der Waals surface area (Å²) >= 11 is 0. The second-order valence-corrected chi connectivity index (χ2v) is 9.75. The van der Waals surface area contributed by atoms with Gasteiger partial charge in [0.05, 0.1) is 19.2 Å². The summed E-state index contributed by atoms with van der Waals surface area (Å²) in [6, 6.07) is 10.6. The van der Waals surface area contributed by atoms with Crippen molar-refractivity contribution in [1.29, 1.82) is 0 Å². The molecule has 7 nitrogen and oxygen atoms in total. The number of pyridine rings is 1. The van der Waals surface area contributed by atoms with Gasteiger partial charge < -0.3 is 19.4 Å². The monoisotopic (exact) mass is 482 g/mol. The van der Waals surface area contributed by atoms with E-state index < -0.39 is 23.5 Å². The van der Waals surface area contributed by atoms with Crippen molar-refractivity contribution in [3.05, 3.63) is 69.9 Å². The zero-order valence-electron chi connectivity index (χ0n) is 20.9. The van der Waals surface area contributed by atoms with Crippen LogP contribution >= 0.6 is 0 Å². The number of benzene rings is 2. The molecule has 0 bridgehead atoms. The molecule has 1 heterocycles. The average Bonchev–Trinajstić information content (AvgIpc) is 2.78. The Labute approximate surface area is 203 Å². The van der Waals surface area contributed by atoms with Crippen LogP contribution in [0.2, 0.25) is 0 Å². The van der Waals surface area contributed by atoms with Gasteiger partial charge in [-0.15, -0.1) is 0 Å². The van der Waals surface area contributed by atoms with Gasteiger partial charge in [0.2, 0.25) is 0 Å². The Morgan fingerprint density at radius 1 is 1.06 bits per heavy atom. The fourth-order valence-corrected chi connectivity index (χ4v) is 3.89. The van der Waals surface area contributed by atoms with E-state index >= 15 is 0 Å². The number of carbonyl (C=O) groups excluding carboxylic acids is 2. The van der Waals surface area contributed by atoms with Crippen molar-refractivity contribution >= 4 is 22.8 Å². The van der Waals surface area contributed by atoms with E-state index in [1.54, 1.807) is 55.7 Å². The maximum absolute atomic E-state index is 13.8. The molecule has 8 heteroatoms. The molecule has 1 N–H and O–H groups in total. The molecule has 1 amide bonds. The highest BCUT2D eigenvalue weighted by Crippen LogP contribution is 2.32. The number of carbonyl (C=O) groups is 2. The van der Waals surface area contributed by atoms with Crippen molar-refractivity contribution < 1.29 is 23.5 Å². The Bertz CT molecular complexity index is 1300. The molecular weight excluding hydrogens is 451 g/mol. The van der Waals surface area contributed by atoms with Gasteiger partial charge in [0.15, 0.2) is 0 Å². The van der Waals surface area contributed by atoms with E-state index in [4.69, 9.17) is 9.47 Å². The number of alkyl carbamates (subject to hydrolysis) is 1.